The molecule has 8 rings (SSSR count). The van der Waals surface area contributed by atoms with Gasteiger partial charge in [0.1, 0.15) is 0 Å². The molecule has 0 saturated carbocycles. The summed E-state index contributed by atoms with van der Waals surface area (Å²) in [4.78, 5) is 9.69. The summed E-state index contributed by atoms with van der Waals surface area (Å²) in [5, 5.41) is 0. The predicted octanol–water partition coefficient (Wildman–Crippen LogP) is 6.30. The molecule has 8 heteroatoms. The van der Waals surface area contributed by atoms with E-state index >= 15 is 0 Å². The molecular weight excluding hydrogens is 636 g/mol. The second-order valence-electron chi connectivity index (χ2n) is 13.7. The van der Waals surface area contributed by atoms with Crippen molar-refractivity contribution in [3.63, 3.8) is 0 Å². The lowest BCUT2D eigenvalue weighted by Crippen LogP contribution is -2.36. The van der Waals surface area contributed by atoms with Crippen molar-refractivity contribution in [1.29, 1.82) is 0 Å². The van der Waals surface area contributed by atoms with Crippen LogP contribution in [0.25, 0.3) is 5.57 Å². The third-order valence-corrected chi connectivity index (χ3v) is 10.7. The maximum absolute atomic E-state index is 5.63. The zero-order chi connectivity index (χ0) is 34.2. The van der Waals surface area contributed by atoms with Crippen LogP contribution >= 0.6 is 0 Å². The molecule has 0 aliphatic carbocycles. The molecule has 0 amide bonds. The van der Waals surface area contributed by atoms with Gasteiger partial charge in [-0.05, 0) is 76.4 Å². The second kappa shape index (κ2) is 16.3. The Balaban J connectivity index is 1.18. The van der Waals surface area contributed by atoms with Gasteiger partial charge in [-0.1, -0.05) is 54.6 Å². The van der Waals surface area contributed by atoms with Crippen LogP contribution in [0.2, 0.25) is 0 Å². The third-order valence-electron chi connectivity index (χ3n) is 10.7. The average Bonchev–Trinajstić information content (AvgIpc) is 3.23. The molecule has 4 saturated heterocycles. The van der Waals surface area contributed by atoms with Crippen LogP contribution in [0.5, 0.6) is 0 Å². The molecule has 4 fully saturated rings. The molecule has 0 N–H and O–H groups in total. The summed E-state index contributed by atoms with van der Waals surface area (Å²) < 4.78 is 22.5. The summed E-state index contributed by atoms with van der Waals surface area (Å²) in [6.45, 7) is 13.6. The second-order valence-corrected chi connectivity index (χ2v) is 13.7. The van der Waals surface area contributed by atoms with Crippen molar-refractivity contribution in [1.82, 2.24) is 0 Å². The Morgan fingerprint density at radius 1 is 0.373 bits per heavy atom. The first kappa shape index (κ1) is 33.8. The fraction of sp³-hybridized carbons (Fsp3) is 0.395. The first-order valence-corrected chi connectivity index (χ1v) is 18.7. The molecule has 4 aromatic carbocycles. The predicted molar refractivity (Wildman–Crippen MR) is 207 cm³/mol. The molecule has 51 heavy (non-hydrogen) atoms. The van der Waals surface area contributed by atoms with Gasteiger partial charge < -0.3 is 38.5 Å². The highest BCUT2D eigenvalue weighted by molar-refractivity contribution is 5.82. The highest BCUT2D eigenvalue weighted by Crippen LogP contribution is 2.36. The summed E-state index contributed by atoms with van der Waals surface area (Å²) in [6.07, 6.45) is 2.49. The SMILES string of the molecule is C(=C(c1ccc(N2CCOCC2)cc1)c1ccc(N2CCOCC2)cc1)C(c1ccc(N2CCOCC2)cc1)c1ccc(N2CCOCC2)cc1. The van der Waals surface area contributed by atoms with Crippen LogP contribution < -0.4 is 19.6 Å². The summed E-state index contributed by atoms with van der Waals surface area (Å²) in [6, 6.07) is 36.7. The normalized spacial score (nSPS) is 18.6. The first-order chi connectivity index (χ1) is 25.3. The van der Waals surface area contributed by atoms with Gasteiger partial charge in [0, 0.05) is 81.0 Å². The van der Waals surface area contributed by atoms with E-state index < -0.39 is 0 Å². The molecule has 4 aliphatic heterocycles. The van der Waals surface area contributed by atoms with E-state index in [4.69, 9.17) is 18.9 Å². The summed E-state index contributed by atoms with van der Waals surface area (Å²) in [5.74, 6) is 0.0512. The fourth-order valence-electron chi connectivity index (χ4n) is 7.69. The van der Waals surface area contributed by atoms with E-state index in [-0.39, 0.29) is 5.92 Å². The minimum Gasteiger partial charge on any atom is -0.378 e. The minimum absolute atomic E-state index is 0.0512. The lowest BCUT2D eigenvalue weighted by atomic mass is 9.85. The molecule has 0 unspecified atom stereocenters. The summed E-state index contributed by atoms with van der Waals surface area (Å²) >= 11 is 0. The molecule has 0 aromatic heterocycles. The Morgan fingerprint density at radius 2 is 0.627 bits per heavy atom. The van der Waals surface area contributed by atoms with Gasteiger partial charge in [-0.15, -0.1) is 0 Å². The molecule has 4 aliphatic rings. The number of hydrogen-bond donors (Lipinski definition) is 0. The Hall–Kier alpha value is -4.34. The van der Waals surface area contributed by atoms with Gasteiger partial charge in [-0.3, -0.25) is 0 Å². The van der Waals surface area contributed by atoms with Gasteiger partial charge in [0.05, 0.1) is 52.9 Å². The molecule has 0 atom stereocenters. The fourth-order valence-corrected chi connectivity index (χ4v) is 7.69. The number of nitrogens with zero attached hydrogens (tertiary/aromatic N) is 4. The summed E-state index contributed by atoms with van der Waals surface area (Å²) in [5.41, 5.74) is 11.2. The van der Waals surface area contributed by atoms with Gasteiger partial charge in [0.15, 0.2) is 0 Å². The van der Waals surface area contributed by atoms with E-state index in [9.17, 15) is 0 Å². The average molecular weight is 687 g/mol. The standard InChI is InChI=1S/C43H50N4O4/c1-9-38(44-17-25-48-26-18-44)10-2-34(1)42(35-3-11-39(12-4-35)45-19-27-49-28-20-45)33-43(36-5-13-40(14-6-36)46-21-29-50-30-22-46)37-7-15-41(16-8-37)47-23-31-51-32-24-47/h1-16,33,42H,17-32H2. The largest absolute Gasteiger partial charge is 0.378 e. The van der Waals surface area contributed by atoms with Crippen LogP contribution in [-0.2, 0) is 18.9 Å². The Kier molecular flexibility index (Phi) is 10.8. The van der Waals surface area contributed by atoms with Gasteiger partial charge >= 0.3 is 0 Å². The van der Waals surface area contributed by atoms with Crippen molar-refractivity contribution >= 4 is 28.3 Å². The molecule has 4 heterocycles. The maximum Gasteiger partial charge on any atom is 0.0642 e. The number of allylic oxidation sites excluding steroid dienone is 1. The third kappa shape index (κ3) is 8.10. The highest BCUT2D eigenvalue weighted by Gasteiger charge is 2.20. The minimum atomic E-state index is 0.0512. The van der Waals surface area contributed by atoms with Crippen LogP contribution in [0.15, 0.2) is 103 Å². The Morgan fingerprint density at radius 3 is 0.902 bits per heavy atom. The van der Waals surface area contributed by atoms with Crippen LogP contribution in [-0.4, -0.2) is 105 Å². The van der Waals surface area contributed by atoms with Crippen LogP contribution in [0.3, 0.4) is 0 Å². The van der Waals surface area contributed by atoms with Crippen LogP contribution in [0, 0.1) is 0 Å². The summed E-state index contributed by atoms with van der Waals surface area (Å²) in [7, 11) is 0. The van der Waals surface area contributed by atoms with Gasteiger partial charge in [0.2, 0.25) is 0 Å². The lowest BCUT2D eigenvalue weighted by Gasteiger charge is -2.30. The number of ether oxygens (including phenoxy) is 4. The molecule has 0 bridgehead atoms. The smallest absolute Gasteiger partial charge is 0.0642 e. The van der Waals surface area contributed by atoms with Crippen molar-refractivity contribution in [2.45, 2.75) is 5.92 Å². The molecule has 0 radical (unpaired) electrons. The van der Waals surface area contributed by atoms with Gasteiger partial charge in [-0.25, -0.2) is 0 Å². The first-order valence-electron chi connectivity index (χ1n) is 18.7. The monoisotopic (exact) mass is 686 g/mol. The van der Waals surface area contributed by atoms with E-state index in [0.717, 1.165) is 105 Å². The molecule has 266 valence electrons. The maximum atomic E-state index is 5.63. The highest BCUT2D eigenvalue weighted by atomic mass is 16.5. The topological polar surface area (TPSA) is 49.9 Å². The lowest BCUT2D eigenvalue weighted by molar-refractivity contribution is 0.122. The number of anilines is 4. The zero-order valence-electron chi connectivity index (χ0n) is 29.6. The van der Waals surface area contributed by atoms with E-state index in [1.165, 1.54) is 50.6 Å². The van der Waals surface area contributed by atoms with Crippen molar-refractivity contribution in [3.05, 3.63) is 125 Å². The molecular formula is C43H50N4O4. The van der Waals surface area contributed by atoms with Crippen LogP contribution in [0.1, 0.15) is 28.2 Å². The zero-order valence-corrected chi connectivity index (χ0v) is 29.6. The quantitative estimate of drug-likeness (QED) is 0.204. The number of morpholine rings is 4. The van der Waals surface area contributed by atoms with Gasteiger partial charge in [-0.2, -0.15) is 0 Å². The molecule has 8 nitrogen and oxygen atoms in total. The van der Waals surface area contributed by atoms with Crippen molar-refractivity contribution in [2.24, 2.45) is 0 Å². The van der Waals surface area contributed by atoms with Crippen molar-refractivity contribution < 1.29 is 18.9 Å². The van der Waals surface area contributed by atoms with Crippen LogP contribution in [0.4, 0.5) is 22.7 Å². The van der Waals surface area contributed by atoms with Crippen molar-refractivity contribution in [2.75, 3.05) is 125 Å². The van der Waals surface area contributed by atoms with Gasteiger partial charge in [0.25, 0.3) is 0 Å². The van der Waals surface area contributed by atoms with E-state index in [1.807, 2.05) is 0 Å². The van der Waals surface area contributed by atoms with E-state index in [1.54, 1.807) is 0 Å². The number of hydrogen-bond acceptors (Lipinski definition) is 8. The molecule has 4 aromatic rings. The van der Waals surface area contributed by atoms with E-state index in [0.29, 0.717) is 0 Å². The number of benzene rings is 4. The van der Waals surface area contributed by atoms with E-state index in [2.05, 4.69) is 123 Å². The number of rotatable bonds is 9. The van der Waals surface area contributed by atoms with Crippen molar-refractivity contribution in [3.8, 4) is 0 Å². The Bertz CT molecular complexity index is 1580. The Labute approximate surface area is 302 Å². The molecule has 0 spiro atoms.